The Labute approximate surface area is 167 Å². The van der Waals surface area contributed by atoms with Crippen molar-refractivity contribution < 1.29 is 5.11 Å². The van der Waals surface area contributed by atoms with Crippen LogP contribution >= 0.6 is 0 Å². The molecule has 1 saturated heterocycles. The Kier molecular flexibility index (Phi) is 4.54. The number of hydrogen-bond acceptors (Lipinski definition) is 2. The molecule has 0 bridgehead atoms. The van der Waals surface area contributed by atoms with E-state index in [9.17, 15) is 5.11 Å². The fourth-order valence-corrected chi connectivity index (χ4v) is 5.60. The van der Waals surface area contributed by atoms with Crippen molar-refractivity contribution in [2.45, 2.75) is 24.5 Å². The Morgan fingerprint density at radius 2 is 1.11 bits per heavy atom. The molecule has 0 unspecified atom stereocenters. The monoisotopic (exact) mass is 369 g/mol. The third kappa shape index (κ3) is 2.71. The molecule has 2 aliphatic rings. The van der Waals surface area contributed by atoms with Crippen LogP contribution in [0.25, 0.3) is 0 Å². The van der Waals surface area contributed by atoms with Crippen LogP contribution < -0.4 is 0 Å². The summed E-state index contributed by atoms with van der Waals surface area (Å²) >= 11 is 0. The Balaban J connectivity index is 1.74. The van der Waals surface area contributed by atoms with Crippen LogP contribution in [-0.4, -0.2) is 29.2 Å². The van der Waals surface area contributed by atoms with Crippen molar-refractivity contribution in [2.75, 3.05) is 13.1 Å². The number of rotatable bonds is 4. The first kappa shape index (κ1) is 17.7. The molecule has 3 atom stereocenters. The van der Waals surface area contributed by atoms with E-state index in [1.165, 1.54) is 16.7 Å². The van der Waals surface area contributed by atoms with Crippen LogP contribution in [0.2, 0.25) is 0 Å². The molecule has 28 heavy (non-hydrogen) atoms. The van der Waals surface area contributed by atoms with Crippen molar-refractivity contribution in [1.82, 2.24) is 4.90 Å². The van der Waals surface area contributed by atoms with Gasteiger partial charge in [-0.15, -0.1) is 0 Å². The standard InChI is InChI=1S/C26H27NO/c28-25-17-16-20-18-27(19-24(20)25)26(21-10-4-1-5-11-21,22-12-6-2-7-13-22)23-14-8-3-9-15-23/h1-15,20,24-25,28H,16-19H2/t20-,24+,25-/m0/s1. The zero-order valence-electron chi connectivity index (χ0n) is 16.1. The highest BCUT2D eigenvalue weighted by molar-refractivity contribution is 5.50. The second-order valence-corrected chi connectivity index (χ2v) is 8.28. The van der Waals surface area contributed by atoms with E-state index in [1.807, 2.05) is 0 Å². The van der Waals surface area contributed by atoms with Crippen LogP contribution in [0.15, 0.2) is 91.0 Å². The summed E-state index contributed by atoms with van der Waals surface area (Å²) in [5.41, 5.74) is 3.54. The number of likely N-dealkylation sites (tertiary alicyclic amines) is 1. The molecule has 3 aromatic carbocycles. The second-order valence-electron chi connectivity index (χ2n) is 8.28. The third-order valence-electron chi connectivity index (χ3n) is 6.87. The number of hydrogen-bond donors (Lipinski definition) is 1. The van der Waals surface area contributed by atoms with Crippen LogP contribution in [0.3, 0.4) is 0 Å². The molecule has 0 amide bonds. The lowest BCUT2D eigenvalue weighted by atomic mass is 9.75. The van der Waals surface area contributed by atoms with Crippen molar-refractivity contribution in [2.24, 2.45) is 11.8 Å². The lowest BCUT2D eigenvalue weighted by molar-refractivity contribution is 0.110. The average molecular weight is 370 g/mol. The number of aliphatic hydroxyl groups excluding tert-OH is 1. The first-order valence-corrected chi connectivity index (χ1v) is 10.4. The summed E-state index contributed by atoms with van der Waals surface area (Å²) in [6, 6.07) is 32.6. The zero-order chi connectivity index (χ0) is 19.0. The number of aliphatic hydroxyl groups is 1. The van der Waals surface area contributed by atoms with E-state index >= 15 is 0 Å². The van der Waals surface area contributed by atoms with E-state index in [0.29, 0.717) is 11.8 Å². The summed E-state index contributed by atoms with van der Waals surface area (Å²) in [6.45, 7) is 1.96. The molecular weight excluding hydrogens is 342 g/mol. The summed E-state index contributed by atoms with van der Waals surface area (Å²) in [4.78, 5) is 2.63. The molecule has 142 valence electrons. The van der Waals surface area contributed by atoms with Crippen molar-refractivity contribution in [3.8, 4) is 0 Å². The fraction of sp³-hybridized carbons (Fsp3) is 0.308. The van der Waals surface area contributed by atoms with Crippen LogP contribution in [0.4, 0.5) is 0 Å². The lowest BCUT2D eigenvalue weighted by Gasteiger charge is -2.44. The van der Waals surface area contributed by atoms with E-state index in [-0.39, 0.29) is 11.6 Å². The highest BCUT2D eigenvalue weighted by atomic mass is 16.3. The predicted molar refractivity (Wildman–Crippen MR) is 113 cm³/mol. The minimum atomic E-state index is -0.339. The normalized spacial score (nSPS) is 25.0. The Hall–Kier alpha value is -2.42. The van der Waals surface area contributed by atoms with E-state index < -0.39 is 0 Å². The molecule has 1 aliphatic heterocycles. The van der Waals surface area contributed by atoms with Gasteiger partial charge in [-0.25, -0.2) is 0 Å². The smallest absolute Gasteiger partial charge is 0.0973 e. The molecule has 0 spiro atoms. The zero-order valence-corrected chi connectivity index (χ0v) is 16.1. The summed E-state index contributed by atoms with van der Waals surface area (Å²) in [6.07, 6.45) is 1.93. The van der Waals surface area contributed by atoms with Gasteiger partial charge in [0.1, 0.15) is 0 Å². The number of benzene rings is 3. The van der Waals surface area contributed by atoms with Gasteiger partial charge in [-0.2, -0.15) is 0 Å². The topological polar surface area (TPSA) is 23.5 Å². The minimum Gasteiger partial charge on any atom is -0.393 e. The molecular formula is C26H27NO. The molecule has 0 aromatic heterocycles. The highest BCUT2D eigenvalue weighted by Crippen LogP contribution is 2.48. The first-order chi connectivity index (χ1) is 13.8. The summed E-state index contributed by atoms with van der Waals surface area (Å²) in [7, 11) is 0. The maximum atomic E-state index is 10.6. The van der Waals surface area contributed by atoms with Crippen LogP contribution in [-0.2, 0) is 5.54 Å². The molecule has 1 heterocycles. The van der Waals surface area contributed by atoms with Gasteiger partial charge in [0.15, 0.2) is 0 Å². The van der Waals surface area contributed by atoms with Gasteiger partial charge in [-0.1, -0.05) is 91.0 Å². The van der Waals surface area contributed by atoms with Crippen molar-refractivity contribution in [1.29, 1.82) is 0 Å². The molecule has 2 heteroatoms. The van der Waals surface area contributed by atoms with Crippen molar-refractivity contribution in [3.05, 3.63) is 108 Å². The van der Waals surface area contributed by atoms with E-state index in [4.69, 9.17) is 0 Å². The maximum Gasteiger partial charge on any atom is 0.0973 e. The van der Waals surface area contributed by atoms with Gasteiger partial charge in [0.25, 0.3) is 0 Å². The van der Waals surface area contributed by atoms with E-state index in [1.54, 1.807) is 0 Å². The molecule has 1 saturated carbocycles. The fourth-order valence-electron chi connectivity index (χ4n) is 5.60. The average Bonchev–Trinajstić information content (AvgIpc) is 3.33. The van der Waals surface area contributed by atoms with Gasteiger partial charge in [0.05, 0.1) is 11.6 Å². The molecule has 0 radical (unpaired) electrons. The number of nitrogens with zero attached hydrogens (tertiary/aromatic N) is 1. The molecule has 5 rings (SSSR count). The summed E-state index contributed by atoms with van der Waals surface area (Å²) in [5.74, 6) is 0.973. The van der Waals surface area contributed by atoms with Gasteiger partial charge in [-0.3, -0.25) is 4.90 Å². The van der Waals surface area contributed by atoms with Gasteiger partial charge in [-0.05, 0) is 35.4 Å². The number of fused-ring (bicyclic) bond motifs is 1. The Morgan fingerprint density at radius 3 is 1.54 bits per heavy atom. The van der Waals surface area contributed by atoms with E-state index in [0.717, 1.165) is 25.9 Å². The first-order valence-electron chi connectivity index (χ1n) is 10.4. The Bertz CT molecular complexity index is 812. The van der Waals surface area contributed by atoms with Gasteiger partial charge >= 0.3 is 0 Å². The van der Waals surface area contributed by atoms with Crippen LogP contribution in [0.5, 0.6) is 0 Å². The third-order valence-corrected chi connectivity index (χ3v) is 6.87. The molecule has 3 aromatic rings. The van der Waals surface area contributed by atoms with Crippen molar-refractivity contribution >= 4 is 0 Å². The minimum absolute atomic E-state index is 0.157. The van der Waals surface area contributed by atoms with Gasteiger partial charge < -0.3 is 5.11 Å². The SMILES string of the molecule is O[C@H]1CC[C@H]2CN(C(c3ccccc3)(c3ccccc3)c3ccccc3)C[C@H]21. The van der Waals surface area contributed by atoms with Crippen LogP contribution in [0, 0.1) is 11.8 Å². The maximum absolute atomic E-state index is 10.6. The van der Waals surface area contributed by atoms with Gasteiger partial charge in [0.2, 0.25) is 0 Å². The summed E-state index contributed by atoms with van der Waals surface area (Å²) < 4.78 is 0. The molecule has 2 nitrogen and oxygen atoms in total. The molecule has 1 N–H and O–H groups in total. The molecule has 1 aliphatic carbocycles. The largest absolute Gasteiger partial charge is 0.393 e. The Morgan fingerprint density at radius 1 is 0.643 bits per heavy atom. The highest BCUT2D eigenvalue weighted by Gasteiger charge is 2.50. The van der Waals surface area contributed by atoms with Crippen LogP contribution in [0.1, 0.15) is 29.5 Å². The molecule has 2 fully saturated rings. The lowest BCUT2D eigenvalue weighted by Crippen LogP contribution is -2.47. The van der Waals surface area contributed by atoms with Crippen molar-refractivity contribution in [3.63, 3.8) is 0 Å². The predicted octanol–water partition coefficient (Wildman–Crippen LogP) is 4.68. The second kappa shape index (κ2) is 7.20. The van der Waals surface area contributed by atoms with Gasteiger partial charge in [0, 0.05) is 19.0 Å². The summed E-state index contributed by atoms with van der Waals surface area (Å²) in [5, 5.41) is 10.6. The quantitative estimate of drug-likeness (QED) is 0.675. The van der Waals surface area contributed by atoms with E-state index in [2.05, 4.69) is 95.9 Å².